The Morgan fingerprint density at radius 3 is 2.25 bits per heavy atom. The molecule has 0 aliphatic heterocycles. The van der Waals surface area contributed by atoms with E-state index in [9.17, 15) is 18.0 Å². The van der Waals surface area contributed by atoms with Gasteiger partial charge in [-0.25, -0.2) is 0 Å². The van der Waals surface area contributed by atoms with Gasteiger partial charge in [0.05, 0.1) is 5.56 Å². The van der Waals surface area contributed by atoms with E-state index in [1.165, 1.54) is 6.07 Å². The van der Waals surface area contributed by atoms with E-state index in [-0.39, 0.29) is 5.56 Å². The van der Waals surface area contributed by atoms with E-state index in [0.717, 1.165) is 4.90 Å². The molecule has 0 atom stereocenters. The van der Waals surface area contributed by atoms with Crippen molar-refractivity contribution in [3.63, 3.8) is 0 Å². The van der Waals surface area contributed by atoms with Gasteiger partial charge in [-0.05, 0) is 40.9 Å². The first-order valence-electron chi connectivity index (χ1n) is 6.42. The van der Waals surface area contributed by atoms with Gasteiger partial charge in [0.15, 0.2) is 0 Å². The van der Waals surface area contributed by atoms with Crippen molar-refractivity contribution >= 4 is 21.8 Å². The van der Waals surface area contributed by atoms with Gasteiger partial charge in [0.2, 0.25) is 0 Å². The third-order valence-corrected chi connectivity index (χ3v) is 3.79. The van der Waals surface area contributed by atoms with Gasteiger partial charge in [0.25, 0.3) is 5.91 Å². The molecular formula is C14H17BrF3NO. The highest BCUT2D eigenvalue weighted by Gasteiger charge is 2.36. The van der Waals surface area contributed by atoms with Gasteiger partial charge < -0.3 is 4.90 Å². The summed E-state index contributed by atoms with van der Waals surface area (Å²) >= 11 is 3.21. The molecule has 0 heterocycles. The number of rotatable bonds is 5. The third-order valence-electron chi connectivity index (χ3n) is 3.10. The zero-order chi connectivity index (χ0) is 15.3. The van der Waals surface area contributed by atoms with Crippen LogP contribution in [0.25, 0.3) is 0 Å². The van der Waals surface area contributed by atoms with E-state index in [4.69, 9.17) is 0 Å². The topological polar surface area (TPSA) is 20.3 Å². The van der Waals surface area contributed by atoms with Crippen LogP contribution in [-0.2, 0) is 0 Å². The standard InChI is InChI=1S/C14H17BrF3NO/c1-3-10(4-2)19(9-14(16,17)18)13(20)11-7-5-6-8-12(11)15/h5-8,10H,3-4,9H2,1-2H3. The van der Waals surface area contributed by atoms with Gasteiger partial charge in [-0.3, -0.25) is 4.79 Å². The smallest absolute Gasteiger partial charge is 0.327 e. The van der Waals surface area contributed by atoms with Crippen molar-refractivity contribution < 1.29 is 18.0 Å². The molecule has 112 valence electrons. The number of nitrogens with zero attached hydrogens (tertiary/aromatic N) is 1. The molecule has 0 bridgehead atoms. The first kappa shape index (κ1) is 17.0. The molecule has 1 amide bonds. The summed E-state index contributed by atoms with van der Waals surface area (Å²) in [6.07, 6.45) is -3.43. The lowest BCUT2D eigenvalue weighted by atomic mass is 10.1. The Hall–Kier alpha value is -1.04. The fourth-order valence-electron chi connectivity index (χ4n) is 2.08. The number of halogens is 4. The Morgan fingerprint density at radius 2 is 1.80 bits per heavy atom. The van der Waals surface area contributed by atoms with Crippen LogP contribution >= 0.6 is 15.9 Å². The van der Waals surface area contributed by atoms with Crippen molar-refractivity contribution in [3.05, 3.63) is 34.3 Å². The molecule has 0 unspecified atom stereocenters. The van der Waals surface area contributed by atoms with E-state index in [1.54, 1.807) is 32.0 Å². The van der Waals surface area contributed by atoms with Crippen molar-refractivity contribution in [1.82, 2.24) is 4.90 Å². The summed E-state index contributed by atoms with van der Waals surface area (Å²) in [7, 11) is 0. The Labute approximate surface area is 125 Å². The van der Waals surface area contributed by atoms with Crippen molar-refractivity contribution in [3.8, 4) is 0 Å². The lowest BCUT2D eigenvalue weighted by molar-refractivity contribution is -0.144. The summed E-state index contributed by atoms with van der Waals surface area (Å²) in [5, 5.41) is 0. The van der Waals surface area contributed by atoms with Crippen LogP contribution in [0.3, 0.4) is 0 Å². The quantitative estimate of drug-likeness (QED) is 0.756. The van der Waals surface area contributed by atoms with Crippen LogP contribution in [0, 0.1) is 0 Å². The molecule has 0 spiro atoms. The fraction of sp³-hybridized carbons (Fsp3) is 0.500. The number of hydrogen-bond donors (Lipinski definition) is 0. The highest BCUT2D eigenvalue weighted by atomic mass is 79.9. The Balaban J connectivity index is 3.10. The summed E-state index contributed by atoms with van der Waals surface area (Å²) in [4.78, 5) is 13.3. The Kier molecular flexibility index (Phi) is 6.05. The average molecular weight is 352 g/mol. The SMILES string of the molecule is CCC(CC)N(CC(F)(F)F)C(=O)c1ccccc1Br. The molecule has 0 saturated heterocycles. The van der Waals surface area contributed by atoms with Crippen LogP contribution in [-0.4, -0.2) is 29.6 Å². The molecule has 0 aliphatic rings. The van der Waals surface area contributed by atoms with Crippen molar-refractivity contribution in [2.45, 2.75) is 38.9 Å². The maximum atomic E-state index is 12.7. The van der Waals surface area contributed by atoms with Crippen LogP contribution < -0.4 is 0 Å². The van der Waals surface area contributed by atoms with Crippen molar-refractivity contribution in [2.75, 3.05) is 6.54 Å². The van der Waals surface area contributed by atoms with Gasteiger partial charge in [-0.2, -0.15) is 13.2 Å². The molecule has 2 nitrogen and oxygen atoms in total. The molecule has 1 aromatic rings. The zero-order valence-corrected chi connectivity index (χ0v) is 13.0. The molecule has 1 rings (SSSR count). The third kappa shape index (κ3) is 4.51. The Morgan fingerprint density at radius 1 is 1.25 bits per heavy atom. The summed E-state index contributed by atoms with van der Waals surface area (Å²) in [6, 6.07) is 6.10. The second-order valence-electron chi connectivity index (χ2n) is 4.50. The normalized spacial score (nSPS) is 11.8. The van der Waals surface area contributed by atoms with Crippen molar-refractivity contribution in [1.29, 1.82) is 0 Å². The highest BCUT2D eigenvalue weighted by Crippen LogP contribution is 2.25. The minimum Gasteiger partial charge on any atom is -0.327 e. The lowest BCUT2D eigenvalue weighted by Gasteiger charge is -2.31. The number of alkyl halides is 3. The van der Waals surface area contributed by atoms with E-state index >= 15 is 0 Å². The number of carbonyl (C=O) groups is 1. The number of benzene rings is 1. The molecule has 0 radical (unpaired) electrons. The molecule has 0 saturated carbocycles. The molecule has 0 N–H and O–H groups in total. The van der Waals surface area contributed by atoms with Gasteiger partial charge >= 0.3 is 6.18 Å². The monoisotopic (exact) mass is 351 g/mol. The Bertz CT molecular complexity index is 458. The maximum Gasteiger partial charge on any atom is 0.406 e. The highest BCUT2D eigenvalue weighted by molar-refractivity contribution is 9.10. The fourth-order valence-corrected chi connectivity index (χ4v) is 2.53. The number of carbonyl (C=O) groups excluding carboxylic acids is 1. The van der Waals surface area contributed by atoms with E-state index in [2.05, 4.69) is 15.9 Å². The zero-order valence-electron chi connectivity index (χ0n) is 11.4. The minimum atomic E-state index is -4.40. The van der Waals surface area contributed by atoms with Crippen LogP contribution in [0.4, 0.5) is 13.2 Å². The van der Waals surface area contributed by atoms with Gasteiger partial charge in [0.1, 0.15) is 6.54 Å². The van der Waals surface area contributed by atoms with Crippen LogP contribution in [0.1, 0.15) is 37.0 Å². The largest absolute Gasteiger partial charge is 0.406 e. The number of hydrogen-bond acceptors (Lipinski definition) is 1. The lowest BCUT2D eigenvalue weighted by Crippen LogP contribution is -2.45. The molecular weight excluding hydrogens is 335 g/mol. The van der Waals surface area contributed by atoms with E-state index in [0.29, 0.717) is 17.3 Å². The molecule has 0 aliphatic carbocycles. The van der Waals surface area contributed by atoms with E-state index < -0.39 is 24.7 Å². The minimum absolute atomic E-state index is 0.253. The summed E-state index contributed by atoms with van der Waals surface area (Å²) < 4.78 is 38.6. The second kappa shape index (κ2) is 7.11. The summed E-state index contributed by atoms with van der Waals surface area (Å²) in [5.74, 6) is -0.594. The first-order chi connectivity index (χ1) is 9.30. The predicted molar refractivity (Wildman–Crippen MR) is 75.6 cm³/mol. The first-order valence-corrected chi connectivity index (χ1v) is 7.21. The molecule has 0 aromatic heterocycles. The van der Waals surface area contributed by atoms with Crippen LogP contribution in [0.15, 0.2) is 28.7 Å². The van der Waals surface area contributed by atoms with Crippen molar-refractivity contribution in [2.24, 2.45) is 0 Å². The van der Waals surface area contributed by atoms with Gasteiger partial charge in [-0.1, -0.05) is 26.0 Å². The average Bonchev–Trinajstić information content (AvgIpc) is 2.37. The maximum absolute atomic E-state index is 12.7. The van der Waals surface area contributed by atoms with Crippen LogP contribution in [0.5, 0.6) is 0 Å². The summed E-state index contributed by atoms with van der Waals surface area (Å²) in [5.41, 5.74) is 0.253. The van der Waals surface area contributed by atoms with E-state index in [1.807, 2.05) is 0 Å². The predicted octanol–water partition coefficient (Wildman–Crippen LogP) is 4.64. The molecule has 0 fully saturated rings. The van der Waals surface area contributed by atoms with Crippen LogP contribution in [0.2, 0.25) is 0 Å². The molecule has 1 aromatic carbocycles. The summed E-state index contributed by atoms with van der Waals surface area (Å²) in [6.45, 7) is 2.34. The second-order valence-corrected chi connectivity index (χ2v) is 5.35. The van der Waals surface area contributed by atoms with Gasteiger partial charge in [0, 0.05) is 10.5 Å². The molecule has 6 heteroatoms. The molecule has 20 heavy (non-hydrogen) atoms. The van der Waals surface area contributed by atoms with Gasteiger partial charge in [-0.15, -0.1) is 0 Å². The number of amides is 1.